The lowest BCUT2D eigenvalue weighted by Crippen LogP contribution is -2.75. The smallest absolute Gasteiger partial charge is 0.181 e. The van der Waals surface area contributed by atoms with Crippen LogP contribution in [0.5, 0.6) is 0 Å². The maximum absolute atomic E-state index is 2.98. The number of benzene rings is 10. The summed E-state index contributed by atoms with van der Waals surface area (Å²) < 4.78 is 5.08. The Bertz CT molecular complexity index is 3500. The van der Waals surface area contributed by atoms with Gasteiger partial charge in [0.15, 0.2) is 8.07 Å². The number of nitrogens with zero attached hydrogens (tertiary/aromatic N) is 2. The molecule has 0 spiro atoms. The number of hydrogen-bond acceptors (Lipinski definition) is 0. The number of para-hydroxylation sites is 2. The standard InChI is InChI=1S/C60H42N2Si/c1-6-21-43(22-7-1)45-25-18-26-47(41-45)61-55-40-39-46(44-23-8-2-9-24-44)42-53(55)59-56(61)36-20-37-57(59)62-54-35-17-16-33-51(54)52-34-19-38-58(60(52)62)63(48-27-10-3-11-28-48,49-29-12-4-13-30-49)50-31-14-5-15-32-50/h1-42H. The van der Waals surface area contributed by atoms with E-state index in [4.69, 9.17) is 0 Å². The van der Waals surface area contributed by atoms with Crippen molar-refractivity contribution in [2.24, 2.45) is 0 Å². The zero-order valence-electron chi connectivity index (χ0n) is 34.6. The summed E-state index contributed by atoms with van der Waals surface area (Å²) in [4.78, 5) is 0. The molecule has 10 aromatic carbocycles. The fourth-order valence-electron chi connectivity index (χ4n) is 10.4. The molecule has 0 radical (unpaired) electrons. The summed E-state index contributed by atoms with van der Waals surface area (Å²) in [6.45, 7) is 0. The van der Waals surface area contributed by atoms with E-state index in [-0.39, 0.29) is 0 Å². The minimum Gasteiger partial charge on any atom is -0.309 e. The largest absolute Gasteiger partial charge is 0.309 e. The molecule has 12 aromatic rings. The lowest BCUT2D eigenvalue weighted by atomic mass is 10.0. The Hall–Kier alpha value is -7.98. The van der Waals surface area contributed by atoms with Crippen molar-refractivity contribution in [2.75, 3.05) is 0 Å². The molecule has 0 N–H and O–H groups in total. The number of hydrogen-bond donors (Lipinski definition) is 0. The summed E-state index contributed by atoms with van der Waals surface area (Å²) in [5.41, 5.74) is 11.9. The Morgan fingerprint density at radius 2 is 0.762 bits per heavy atom. The second-order valence-corrected chi connectivity index (χ2v) is 20.2. The molecule has 2 nitrogen and oxygen atoms in total. The Morgan fingerprint density at radius 3 is 1.40 bits per heavy atom. The van der Waals surface area contributed by atoms with Gasteiger partial charge in [-0.2, -0.15) is 0 Å². The molecule has 0 bridgehead atoms. The second kappa shape index (κ2) is 15.2. The molecule has 0 unspecified atom stereocenters. The van der Waals surface area contributed by atoms with E-state index in [0.717, 1.165) is 11.4 Å². The molecule has 0 amide bonds. The van der Waals surface area contributed by atoms with Crippen molar-refractivity contribution < 1.29 is 0 Å². The first-order valence-electron chi connectivity index (χ1n) is 21.8. The van der Waals surface area contributed by atoms with Gasteiger partial charge in [0.25, 0.3) is 0 Å². The van der Waals surface area contributed by atoms with E-state index in [1.807, 2.05) is 0 Å². The molecule has 2 heterocycles. The van der Waals surface area contributed by atoms with Crippen LogP contribution < -0.4 is 20.7 Å². The number of fused-ring (bicyclic) bond motifs is 6. The number of rotatable bonds is 8. The highest BCUT2D eigenvalue weighted by molar-refractivity contribution is 7.20. The third-order valence-electron chi connectivity index (χ3n) is 13.0. The maximum Gasteiger partial charge on any atom is 0.181 e. The Morgan fingerprint density at radius 1 is 0.286 bits per heavy atom. The zero-order valence-corrected chi connectivity index (χ0v) is 35.6. The second-order valence-electron chi connectivity index (χ2n) is 16.4. The van der Waals surface area contributed by atoms with Crippen LogP contribution in [-0.4, -0.2) is 17.2 Å². The molecular formula is C60H42N2Si. The van der Waals surface area contributed by atoms with Crippen LogP contribution in [0.25, 0.3) is 77.2 Å². The van der Waals surface area contributed by atoms with Crippen molar-refractivity contribution in [1.82, 2.24) is 9.13 Å². The molecule has 0 aliphatic rings. The van der Waals surface area contributed by atoms with E-state index in [2.05, 4.69) is 264 Å². The van der Waals surface area contributed by atoms with E-state index >= 15 is 0 Å². The van der Waals surface area contributed by atoms with Gasteiger partial charge in [0.2, 0.25) is 0 Å². The fraction of sp³-hybridized carbons (Fsp3) is 0. The maximum atomic E-state index is 2.61. The van der Waals surface area contributed by atoms with Gasteiger partial charge >= 0.3 is 0 Å². The lowest BCUT2D eigenvalue weighted by molar-refractivity contribution is 1.17. The molecule has 0 atom stereocenters. The molecular weight excluding hydrogens is 777 g/mol. The molecule has 2 aromatic heterocycles. The van der Waals surface area contributed by atoms with E-state index in [9.17, 15) is 0 Å². The van der Waals surface area contributed by atoms with Crippen LogP contribution in [0.4, 0.5) is 0 Å². The Labute approximate surface area is 368 Å². The van der Waals surface area contributed by atoms with Crippen molar-refractivity contribution in [3.63, 3.8) is 0 Å². The Kier molecular flexibility index (Phi) is 8.87. The van der Waals surface area contributed by atoms with Gasteiger partial charge in [-0.05, 0) is 85.5 Å². The number of aromatic nitrogens is 2. The van der Waals surface area contributed by atoms with Crippen LogP contribution in [0.3, 0.4) is 0 Å². The van der Waals surface area contributed by atoms with Crippen LogP contribution in [0.2, 0.25) is 0 Å². The van der Waals surface area contributed by atoms with Crippen LogP contribution in [-0.2, 0) is 0 Å². The summed E-state index contributed by atoms with van der Waals surface area (Å²) in [7, 11) is -2.98. The molecule has 3 heteroatoms. The molecule has 63 heavy (non-hydrogen) atoms. The summed E-state index contributed by atoms with van der Waals surface area (Å²) in [5.74, 6) is 0. The molecule has 0 fully saturated rings. The first-order chi connectivity index (χ1) is 31.3. The van der Waals surface area contributed by atoms with Gasteiger partial charge in [-0.25, -0.2) is 0 Å². The van der Waals surface area contributed by atoms with Gasteiger partial charge in [-0.1, -0.05) is 212 Å². The summed E-state index contributed by atoms with van der Waals surface area (Å²) in [6, 6.07) is 94.4. The highest BCUT2D eigenvalue weighted by Crippen LogP contribution is 2.41. The predicted octanol–water partition coefficient (Wildman–Crippen LogP) is 12.6. The molecule has 0 aliphatic carbocycles. The third-order valence-corrected chi connectivity index (χ3v) is 17.9. The van der Waals surface area contributed by atoms with Gasteiger partial charge in [-0.15, -0.1) is 0 Å². The summed E-state index contributed by atoms with van der Waals surface area (Å²) in [5, 5.41) is 10.4. The van der Waals surface area contributed by atoms with Gasteiger partial charge in [0, 0.05) is 27.2 Å². The van der Waals surface area contributed by atoms with Crippen molar-refractivity contribution in [3.8, 4) is 33.6 Å². The van der Waals surface area contributed by atoms with Crippen molar-refractivity contribution in [3.05, 3.63) is 255 Å². The first-order valence-corrected chi connectivity index (χ1v) is 23.8. The zero-order chi connectivity index (χ0) is 41.7. The lowest BCUT2D eigenvalue weighted by Gasteiger charge is -2.35. The van der Waals surface area contributed by atoms with Gasteiger partial charge in [-0.3, -0.25) is 0 Å². The highest BCUT2D eigenvalue weighted by atomic mass is 28.3. The van der Waals surface area contributed by atoms with E-state index in [1.54, 1.807) is 0 Å². The fourth-order valence-corrected chi connectivity index (χ4v) is 15.3. The van der Waals surface area contributed by atoms with Crippen LogP contribution in [0.1, 0.15) is 0 Å². The van der Waals surface area contributed by atoms with Crippen molar-refractivity contribution in [2.45, 2.75) is 0 Å². The molecule has 0 aliphatic heterocycles. The quantitative estimate of drug-likeness (QED) is 0.107. The normalized spacial score (nSPS) is 11.8. The van der Waals surface area contributed by atoms with Crippen LogP contribution in [0.15, 0.2) is 255 Å². The van der Waals surface area contributed by atoms with E-state index in [1.165, 1.54) is 86.6 Å². The van der Waals surface area contributed by atoms with Crippen molar-refractivity contribution >= 4 is 72.4 Å². The van der Waals surface area contributed by atoms with Crippen LogP contribution in [0, 0.1) is 0 Å². The average Bonchev–Trinajstić information content (AvgIpc) is 3.89. The van der Waals surface area contributed by atoms with E-state index in [0.29, 0.717) is 0 Å². The van der Waals surface area contributed by atoms with Gasteiger partial charge in [0.05, 0.1) is 27.8 Å². The highest BCUT2D eigenvalue weighted by Gasteiger charge is 2.43. The Balaban J connectivity index is 1.24. The van der Waals surface area contributed by atoms with E-state index < -0.39 is 8.07 Å². The average molecular weight is 819 g/mol. The van der Waals surface area contributed by atoms with Gasteiger partial charge < -0.3 is 9.13 Å². The molecule has 12 rings (SSSR count). The van der Waals surface area contributed by atoms with Crippen LogP contribution >= 0.6 is 0 Å². The summed E-state index contributed by atoms with van der Waals surface area (Å²) >= 11 is 0. The predicted molar refractivity (Wildman–Crippen MR) is 270 cm³/mol. The monoisotopic (exact) mass is 818 g/mol. The minimum absolute atomic E-state index is 1.13. The minimum atomic E-state index is -2.98. The van der Waals surface area contributed by atoms with Crippen molar-refractivity contribution in [1.29, 1.82) is 0 Å². The first kappa shape index (κ1) is 36.8. The SMILES string of the molecule is c1ccc(-c2cccc(-n3c4ccc(-c5ccccc5)cc4c4c(-n5c6ccccc6c6cccc([Si](c7ccccc7)(c7ccccc7)c7ccccc7)c65)cccc43)c2)cc1. The molecule has 0 saturated heterocycles. The third kappa shape index (κ3) is 5.85. The van der Waals surface area contributed by atoms with Gasteiger partial charge in [0.1, 0.15) is 0 Å². The summed E-state index contributed by atoms with van der Waals surface area (Å²) in [6.07, 6.45) is 0. The topological polar surface area (TPSA) is 9.86 Å². The molecule has 296 valence electrons. The molecule has 0 saturated carbocycles.